The lowest BCUT2D eigenvalue weighted by Crippen LogP contribution is -2.62. The van der Waals surface area contributed by atoms with Crippen LogP contribution in [0.1, 0.15) is 84.6 Å². The molecule has 4 fully saturated rings. The van der Waals surface area contributed by atoms with Crippen molar-refractivity contribution in [3.63, 3.8) is 0 Å². The number of carbonyl (C=O) groups excluding carboxylic acids is 3. The molecule has 1 aromatic rings. The average molecular weight is 637 g/mol. The van der Waals surface area contributed by atoms with Gasteiger partial charge in [0.2, 0.25) is 0 Å². The fourth-order valence-corrected chi connectivity index (χ4v) is 9.56. The predicted molar refractivity (Wildman–Crippen MR) is 151 cm³/mol. The lowest BCUT2D eigenvalue weighted by molar-refractivity contribution is -0.207. The van der Waals surface area contributed by atoms with Crippen molar-refractivity contribution < 1.29 is 29.0 Å². The zero-order valence-electron chi connectivity index (χ0n) is 23.0. The molecule has 0 spiro atoms. The van der Waals surface area contributed by atoms with E-state index in [1.165, 1.54) is 13.8 Å². The van der Waals surface area contributed by atoms with Crippen LogP contribution in [0.2, 0.25) is 0 Å². The number of hydrogen-bond acceptors (Lipinski definition) is 6. The summed E-state index contributed by atoms with van der Waals surface area (Å²) < 4.78 is 13.1. The van der Waals surface area contributed by atoms with Crippen LogP contribution in [0, 0.1) is 38.1 Å². The van der Waals surface area contributed by atoms with Gasteiger partial charge >= 0.3 is 11.9 Å². The molecule has 6 nitrogen and oxygen atoms in total. The number of Topliss-reactive ketones (excluding diaryl/α,β-unsaturated/α-hetero) is 1. The maximum atomic E-state index is 13.3. The standard InChI is InChI=1S/C31H41IO6/c1-18(33)31(36)14-11-25-28-24(10-13-30(25,31)4)29(3)12-9-23(37-19(2)34)16-21(29)17-26(28)38-27(35)15-20-5-7-22(32)8-6-20/h5-8,21,23-26,28,36H,9-17H2,1-4H3/t21-,23-,24-,25-,26+,28+,29-,30-,31-/m0/s1. The first-order chi connectivity index (χ1) is 17.9. The van der Waals surface area contributed by atoms with Gasteiger partial charge < -0.3 is 14.6 Å². The third kappa shape index (κ3) is 4.63. The number of ether oxygens (including phenoxy) is 2. The Morgan fingerprint density at radius 2 is 1.63 bits per heavy atom. The van der Waals surface area contributed by atoms with Crippen molar-refractivity contribution in [2.75, 3.05) is 0 Å². The van der Waals surface area contributed by atoms with Gasteiger partial charge in [-0.1, -0.05) is 26.0 Å². The lowest BCUT2D eigenvalue weighted by Gasteiger charge is -2.63. The minimum atomic E-state index is -1.32. The van der Waals surface area contributed by atoms with Gasteiger partial charge in [-0.3, -0.25) is 14.4 Å². The Hall–Kier alpha value is -1.48. The van der Waals surface area contributed by atoms with E-state index in [4.69, 9.17) is 9.47 Å². The number of fused-ring (bicyclic) bond motifs is 5. The van der Waals surface area contributed by atoms with Crippen LogP contribution in [0.15, 0.2) is 24.3 Å². The average Bonchev–Trinajstić information content (AvgIpc) is 3.13. The number of aliphatic hydroxyl groups is 1. The first kappa shape index (κ1) is 28.1. The number of benzene rings is 1. The Balaban J connectivity index is 1.45. The molecule has 0 aliphatic heterocycles. The van der Waals surface area contributed by atoms with Crippen LogP contribution in [0.4, 0.5) is 0 Å². The number of rotatable bonds is 5. The number of ketones is 1. The van der Waals surface area contributed by atoms with Crippen LogP contribution in [-0.2, 0) is 30.3 Å². The SMILES string of the molecule is CC(=O)O[C@H]1CC[C@@]2(C)[C@@H](C1)C[C@@H](OC(=O)Cc1ccc(I)cc1)[C@@H]1[C@@H]2CC[C@@]2(C)[C@H]1CC[C@]2(O)C(C)=O. The Bertz CT molecular complexity index is 1100. The number of carbonyl (C=O) groups is 3. The summed E-state index contributed by atoms with van der Waals surface area (Å²) in [6.45, 7) is 7.47. The second-order valence-corrected chi connectivity index (χ2v) is 14.2. The summed E-state index contributed by atoms with van der Waals surface area (Å²) in [4.78, 5) is 37.7. The van der Waals surface area contributed by atoms with E-state index in [0.29, 0.717) is 12.3 Å². The molecule has 4 saturated carbocycles. The minimum Gasteiger partial charge on any atom is -0.463 e. The Morgan fingerprint density at radius 1 is 0.947 bits per heavy atom. The molecule has 4 aliphatic carbocycles. The van der Waals surface area contributed by atoms with Crippen molar-refractivity contribution in [3.05, 3.63) is 33.4 Å². The lowest BCUT2D eigenvalue weighted by atomic mass is 9.43. The van der Waals surface area contributed by atoms with Gasteiger partial charge in [0.05, 0.1) is 6.42 Å². The van der Waals surface area contributed by atoms with Crippen LogP contribution in [0.25, 0.3) is 0 Å². The fourth-order valence-electron chi connectivity index (χ4n) is 9.20. The number of esters is 2. The second-order valence-electron chi connectivity index (χ2n) is 13.0. The highest BCUT2D eigenvalue weighted by Crippen LogP contribution is 2.68. The molecule has 0 saturated heterocycles. The molecule has 0 bridgehead atoms. The Morgan fingerprint density at radius 3 is 2.29 bits per heavy atom. The van der Waals surface area contributed by atoms with E-state index >= 15 is 0 Å². The molecule has 4 aliphatic rings. The summed E-state index contributed by atoms with van der Waals surface area (Å²) in [5.74, 6) is 0.242. The molecule has 0 aromatic heterocycles. The molecule has 38 heavy (non-hydrogen) atoms. The normalized spacial score (nSPS) is 41.8. The zero-order chi connectivity index (χ0) is 27.5. The maximum absolute atomic E-state index is 13.3. The van der Waals surface area contributed by atoms with Crippen molar-refractivity contribution in [2.45, 2.75) is 103 Å². The number of hydrogen-bond donors (Lipinski definition) is 1. The molecule has 0 radical (unpaired) electrons. The third-order valence-electron chi connectivity index (χ3n) is 11.2. The van der Waals surface area contributed by atoms with Crippen molar-refractivity contribution in [3.8, 4) is 0 Å². The van der Waals surface area contributed by atoms with E-state index in [2.05, 4.69) is 36.4 Å². The molecular formula is C31H41IO6. The molecule has 0 heterocycles. The first-order valence-corrected chi connectivity index (χ1v) is 15.3. The molecule has 1 aromatic carbocycles. The Labute approximate surface area is 239 Å². The Kier molecular flexibility index (Phi) is 7.51. The third-order valence-corrected chi connectivity index (χ3v) is 11.9. The minimum absolute atomic E-state index is 0.0542. The summed E-state index contributed by atoms with van der Waals surface area (Å²) in [5.41, 5.74) is -0.846. The monoisotopic (exact) mass is 636 g/mol. The molecular weight excluding hydrogens is 595 g/mol. The summed E-state index contributed by atoms with van der Waals surface area (Å²) in [5, 5.41) is 11.6. The molecule has 208 valence electrons. The van der Waals surface area contributed by atoms with Gasteiger partial charge in [0.25, 0.3) is 0 Å². The van der Waals surface area contributed by atoms with Gasteiger partial charge in [-0.15, -0.1) is 0 Å². The quantitative estimate of drug-likeness (QED) is 0.332. The summed E-state index contributed by atoms with van der Waals surface area (Å²) in [6.07, 6.45) is 6.17. The van der Waals surface area contributed by atoms with Crippen LogP contribution in [0.5, 0.6) is 0 Å². The van der Waals surface area contributed by atoms with Crippen LogP contribution < -0.4 is 0 Å². The van der Waals surface area contributed by atoms with E-state index in [1.54, 1.807) is 0 Å². The zero-order valence-corrected chi connectivity index (χ0v) is 25.2. The smallest absolute Gasteiger partial charge is 0.310 e. The van der Waals surface area contributed by atoms with Gasteiger partial charge in [0.1, 0.15) is 17.8 Å². The molecule has 5 rings (SSSR count). The van der Waals surface area contributed by atoms with Crippen molar-refractivity contribution in [1.82, 2.24) is 0 Å². The van der Waals surface area contributed by atoms with Gasteiger partial charge in [-0.2, -0.15) is 0 Å². The highest BCUT2D eigenvalue weighted by Gasteiger charge is 2.68. The van der Waals surface area contributed by atoms with E-state index in [1.807, 2.05) is 24.3 Å². The predicted octanol–water partition coefficient (Wildman–Crippen LogP) is 5.65. The second kappa shape index (κ2) is 10.2. The van der Waals surface area contributed by atoms with Crippen molar-refractivity contribution >= 4 is 40.3 Å². The highest BCUT2D eigenvalue weighted by atomic mass is 127. The van der Waals surface area contributed by atoms with Crippen molar-refractivity contribution in [1.29, 1.82) is 0 Å². The summed E-state index contributed by atoms with van der Waals surface area (Å²) >= 11 is 2.25. The van der Waals surface area contributed by atoms with E-state index < -0.39 is 11.0 Å². The summed E-state index contributed by atoms with van der Waals surface area (Å²) in [6, 6.07) is 7.93. The van der Waals surface area contributed by atoms with E-state index in [9.17, 15) is 19.5 Å². The maximum Gasteiger partial charge on any atom is 0.310 e. The van der Waals surface area contributed by atoms with Gasteiger partial charge in [-0.05, 0) is 122 Å². The molecule has 7 heteroatoms. The van der Waals surface area contributed by atoms with Gasteiger partial charge in [0, 0.05) is 21.8 Å². The van der Waals surface area contributed by atoms with Crippen LogP contribution in [-0.4, -0.2) is 40.6 Å². The highest BCUT2D eigenvalue weighted by molar-refractivity contribution is 14.1. The largest absolute Gasteiger partial charge is 0.463 e. The topological polar surface area (TPSA) is 89.9 Å². The van der Waals surface area contributed by atoms with Gasteiger partial charge in [0.15, 0.2) is 5.78 Å². The van der Waals surface area contributed by atoms with Crippen LogP contribution in [0.3, 0.4) is 0 Å². The number of halogens is 1. The fraction of sp³-hybridized carbons (Fsp3) is 0.710. The van der Waals surface area contributed by atoms with Crippen LogP contribution >= 0.6 is 22.6 Å². The molecule has 1 N–H and O–H groups in total. The van der Waals surface area contributed by atoms with Gasteiger partial charge in [-0.25, -0.2) is 0 Å². The van der Waals surface area contributed by atoms with E-state index in [-0.39, 0.29) is 59.5 Å². The first-order valence-electron chi connectivity index (χ1n) is 14.2. The van der Waals surface area contributed by atoms with E-state index in [0.717, 1.165) is 54.1 Å². The molecule has 0 amide bonds. The van der Waals surface area contributed by atoms with Crippen molar-refractivity contribution in [2.24, 2.45) is 34.5 Å². The molecule has 9 atom stereocenters. The summed E-state index contributed by atoms with van der Waals surface area (Å²) in [7, 11) is 0. The molecule has 0 unspecified atom stereocenters.